The van der Waals surface area contributed by atoms with Crippen molar-refractivity contribution >= 4 is 65.6 Å². The van der Waals surface area contributed by atoms with Crippen LogP contribution in [0.15, 0.2) is 197 Å². The highest BCUT2D eigenvalue weighted by Crippen LogP contribution is 2.43. The molecular weight excluding hydrogens is 711 g/mol. The lowest BCUT2D eigenvalue weighted by molar-refractivity contribution is 0.668. The van der Waals surface area contributed by atoms with E-state index in [1.165, 1.54) is 0 Å². The third-order valence-electron chi connectivity index (χ3n) is 11.3. The van der Waals surface area contributed by atoms with E-state index in [2.05, 4.69) is 133 Å². The second-order valence-electron chi connectivity index (χ2n) is 14.7. The van der Waals surface area contributed by atoms with Gasteiger partial charge in [0.15, 0.2) is 5.82 Å². The van der Waals surface area contributed by atoms with Crippen LogP contribution >= 0.6 is 0 Å². The van der Waals surface area contributed by atoms with E-state index in [1.54, 1.807) is 0 Å². The Kier molecular flexibility index (Phi) is 7.16. The highest BCUT2D eigenvalue weighted by atomic mass is 16.3. The van der Waals surface area contributed by atoms with Crippen LogP contribution in [0.5, 0.6) is 0 Å². The maximum absolute atomic E-state index is 6.52. The smallest absolute Gasteiger partial charge is 0.161 e. The summed E-state index contributed by atoms with van der Waals surface area (Å²) in [5, 5.41) is 7.60. The summed E-state index contributed by atoms with van der Waals surface area (Å²) in [4.78, 5) is 15.5. The summed E-state index contributed by atoms with van der Waals surface area (Å²) in [5.74, 6) is 0.653. The summed E-state index contributed by atoms with van der Waals surface area (Å²) in [7, 11) is 0. The number of benzene rings is 8. The maximum Gasteiger partial charge on any atom is 0.161 e. The summed E-state index contributed by atoms with van der Waals surface area (Å²) >= 11 is 0. The Balaban J connectivity index is 1.000. The molecule has 0 bridgehead atoms. The molecule has 0 saturated heterocycles. The van der Waals surface area contributed by atoms with Gasteiger partial charge in [0.05, 0.1) is 22.6 Å². The fraction of sp³-hybridized carbons (Fsp3) is 0. The van der Waals surface area contributed by atoms with Crippen molar-refractivity contribution in [1.29, 1.82) is 0 Å². The average molecular weight is 742 g/mol. The van der Waals surface area contributed by atoms with E-state index in [-0.39, 0.29) is 0 Å². The highest BCUT2D eigenvalue weighted by Gasteiger charge is 2.19. The fourth-order valence-corrected chi connectivity index (χ4v) is 8.57. The van der Waals surface area contributed by atoms with E-state index in [9.17, 15) is 0 Å². The number of nitrogens with zero attached hydrogens (tertiary/aromatic N) is 3. The molecule has 0 fully saturated rings. The molecule has 8 aromatic carbocycles. The minimum atomic E-state index is 0.653. The molecule has 0 unspecified atom stereocenters. The van der Waals surface area contributed by atoms with Crippen LogP contribution in [0, 0.1) is 0 Å². The van der Waals surface area contributed by atoms with Gasteiger partial charge in [-0.2, -0.15) is 0 Å². The van der Waals surface area contributed by atoms with Gasteiger partial charge < -0.3 is 8.83 Å². The second kappa shape index (κ2) is 12.8. The van der Waals surface area contributed by atoms with Crippen LogP contribution in [0.1, 0.15) is 0 Å². The molecule has 12 aromatic rings. The average Bonchev–Trinajstić information content (AvgIpc) is 3.87. The molecule has 0 radical (unpaired) electrons. The first-order chi connectivity index (χ1) is 28.7. The maximum atomic E-state index is 6.52. The van der Waals surface area contributed by atoms with Gasteiger partial charge in [0.2, 0.25) is 0 Å². The lowest BCUT2D eigenvalue weighted by atomic mass is 9.95. The van der Waals surface area contributed by atoms with Gasteiger partial charge in [-0.25, -0.2) is 15.0 Å². The van der Waals surface area contributed by atoms with Crippen LogP contribution in [0.3, 0.4) is 0 Å². The van der Waals surface area contributed by atoms with Crippen LogP contribution in [-0.4, -0.2) is 15.0 Å². The van der Waals surface area contributed by atoms with Crippen LogP contribution in [0.2, 0.25) is 0 Å². The van der Waals surface area contributed by atoms with Crippen molar-refractivity contribution < 1.29 is 8.83 Å². The summed E-state index contributed by atoms with van der Waals surface area (Å²) in [6.45, 7) is 0. The zero-order chi connectivity index (χ0) is 38.2. The lowest BCUT2D eigenvalue weighted by Crippen LogP contribution is -1.96. The van der Waals surface area contributed by atoms with Gasteiger partial charge >= 0.3 is 0 Å². The van der Waals surface area contributed by atoms with E-state index < -0.39 is 0 Å². The molecule has 12 rings (SSSR count). The van der Waals surface area contributed by atoms with Crippen molar-refractivity contribution in [3.05, 3.63) is 188 Å². The van der Waals surface area contributed by atoms with Gasteiger partial charge in [-0.1, -0.05) is 140 Å². The topological polar surface area (TPSA) is 65.0 Å². The molecule has 0 N–H and O–H groups in total. The summed E-state index contributed by atoms with van der Waals surface area (Å²) < 4.78 is 12.8. The number of hydrogen-bond acceptors (Lipinski definition) is 5. The van der Waals surface area contributed by atoms with Crippen molar-refractivity contribution in [2.45, 2.75) is 0 Å². The minimum Gasteiger partial charge on any atom is -0.456 e. The Morgan fingerprint density at radius 3 is 1.69 bits per heavy atom. The van der Waals surface area contributed by atoms with Gasteiger partial charge in [-0.15, -0.1) is 0 Å². The molecule has 0 aliphatic carbocycles. The van der Waals surface area contributed by atoms with Gasteiger partial charge in [0.25, 0.3) is 0 Å². The van der Waals surface area contributed by atoms with Crippen molar-refractivity contribution in [2.75, 3.05) is 0 Å². The molecule has 0 aliphatic rings. The van der Waals surface area contributed by atoms with Crippen molar-refractivity contribution in [3.8, 4) is 56.3 Å². The predicted molar refractivity (Wildman–Crippen MR) is 237 cm³/mol. The van der Waals surface area contributed by atoms with Gasteiger partial charge in [0, 0.05) is 60.0 Å². The van der Waals surface area contributed by atoms with Gasteiger partial charge in [-0.05, 0) is 59.7 Å². The Hall–Kier alpha value is -7.89. The number of hydrogen-bond donors (Lipinski definition) is 0. The summed E-state index contributed by atoms with van der Waals surface area (Å²) in [6.07, 6.45) is 0. The van der Waals surface area contributed by atoms with Gasteiger partial charge in [0.1, 0.15) is 22.3 Å². The molecule has 270 valence electrons. The third kappa shape index (κ3) is 5.14. The van der Waals surface area contributed by atoms with E-state index in [4.69, 9.17) is 23.8 Å². The minimum absolute atomic E-state index is 0.653. The molecule has 4 heterocycles. The SMILES string of the molecule is c1ccc(-c2cc(-c3ccc(-c4ccc5oc6ccc7c(-c8ccccc8)nc8ccccc8c7c6c5c4)cc3)nc(-c3cccc4oc5ccccc5c34)n2)cc1. The predicted octanol–water partition coefficient (Wildman–Crippen LogP) is 14.3. The summed E-state index contributed by atoms with van der Waals surface area (Å²) in [6, 6.07) is 64.8. The quantitative estimate of drug-likeness (QED) is 0.164. The van der Waals surface area contributed by atoms with Gasteiger partial charge in [-0.3, -0.25) is 0 Å². The van der Waals surface area contributed by atoms with Crippen LogP contribution < -0.4 is 0 Å². The molecular formula is C53H31N3O2. The zero-order valence-electron chi connectivity index (χ0n) is 31.1. The van der Waals surface area contributed by atoms with Crippen LogP contribution in [-0.2, 0) is 0 Å². The second-order valence-corrected chi connectivity index (χ2v) is 14.7. The number of furan rings is 2. The van der Waals surface area contributed by atoms with Crippen molar-refractivity contribution in [3.63, 3.8) is 0 Å². The van der Waals surface area contributed by atoms with Crippen molar-refractivity contribution in [2.24, 2.45) is 0 Å². The normalized spacial score (nSPS) is 11.8. The van der Waals surface area contributed by atoms with Crippen LogP contribution in [0.4, 0.5) is 0 Å². The molecule has 0 amide bonds. The zero-order valence-corrected chi connectivity index (χ0v) is 31.1. The first kappa shape index (κ1) is 32.4. The molecule has 0 saturated carbocycles. The van der Waals surface area contributed by atoms with E-state index in [1.807, 2.05) is 54.6 Å². The van der Waals surface area contributed by atoms with Crippen molar-refractivity contribution in [1.82, 2.24) is 15.0 Å². The molecule has 0 atom stereocenters. The number of rotatable bonds is 5. The molecule has 58 heavy (non-hydrogen) atoms. The first-order valence-electron chi connectivity index (χ1n) is 19.4. The standard InChI is InChI=1S/C53H31N3O2/c1-3-12-33(13-4-1)43-31-44(56-53(55-43)40-18-11-21-47-49(40)38-17-8-10-20-45(38)57-47)34-24-22-32(23-25-34)36-26-28-46-41(30-36)51-48(58-46)29-27-39-50(51)37-16-7-9-19-42(37)54-52(39)35-14-5-2-6-15-35/h1-31H. The number of aromatic nitrogens is 3. The molecule has 0 aliphatic heterocycles. The lowest BCUT2D eigenvalue weighted by Gasteiger charge is -2.11. The Bertz CT molecular complexity index is 3550. The van der Waals surface area contributed by atoms with Crippen LogP contribution in [0.25, 0.3) is 122 Å². The Morgan fingerprint density at radius 1 is 0.310 bits per heavy atom. The third-order valence-corrected chi connectivity index (χ3v) is 11.3. The van der Waals surface area contributed by atoms with E-state index in [0.29, 0.717) is 5.82 Å². The Morgan fingerprint density at radius 2 is 0.897 bits per heavy atom. The largest absolute Gasteiger partial charge is 0.456 e. The first-order valence-corrected chi connectivity index (χ1v) is 19.4. The number of fused-ring (bicyclic) bond motifs is 10. The molecule has 4 aromatic heterocycles. The highest BCUT2D eigenvalue weighted by molar-refractivity contribution is 6.28. The molecule has 0 spiro atoms. The van der Waals surface area contributed by atoms with E-state index >= 15 is 0 Å². The summed E-state index contributed by atoms with van der Waals surface area (Å²) in [5.41, 5.74) is 13.3. The molecule has 5 heteroatoms. The number of para-hydroxylation sites is 2. The Labute approximate surface area is 332 Å². The monoisotopic (exact) mass is 741 g/mol. The fourth-order valence-electron chi connectivity index (χ4n) is 8.57. The molecule has 5 nitrogen and oxygen atoms in total. The van der Waals surface area contributed by atoms with E-state index in [0.717, 1.165) is 116 Å². The number of pyridine rings is 1.